The van der Waals surface area contributed by atoms with E-state index in [1.54, 1.807) is 5.38 Å². The first-order valence-electron chi connectivity index (χ1n) is 8.92. The molecule has 1 heterocycles. The molecule has 1 aliphatic rings. The minimum atomic E-state index is -0.370. The average Bonchev–Trinajstić information content (AvgIpc) is 3.06. The molecule has 3 N–H and O–H groups in total. The van der Waals surface area contributed by atoms with E-state index >= 15 is 0 Å². The Labute approximate surface area is 157 Å². The van der Waals surface area contributed by atoms with Gasteiger partial charge in [-0.15, -0.1) is 11.3 Å². The number of hydrogen-bond donors (Lipinski definition) is 3. The molecular weight excluding hydrogens is 356 g/mol. The number of hydrogen-bond acceptors (Lipinski definition) is 6. The number of methoxy groups -OCH3 is 1. The van der Waals surface area contributed by atoms with Crippen molar-refractivity contribution in [3.63, 3.8) is 0 Å². The van der Waals surface area contributed by atoms with Crippen molar-refractivity contribution in [1.29, 1.82) is 0 Å². The maximum Gasteiger partial charge on any atom is 0.315 e. The molecule has 1 aliphatic carbocycles. The van der Waals surface area contributed by atoms with Crippen molar-refractivity contribution in [2.45, 2.75) is 57.4 Å². The molecule has 8 nitrogen and oxygen atoms in total. The lowest BCUT2D eigenvalue weighted by atomic mass is 9.96. The Bertz CT molecular complexity index is 614. The third-order valence-corrected chi connectivity index (χ3v) is 4.96. The molecule has 1 fully saturated rings. The van der Waals surface area contributed by atoms with Gasteiger partial charge >= 0.3 is 12.0 Å². The first-order chi connectivity index (χ1) is 12.6. The number of nitrogens with zero attached hydrogens (tertiary/aromatic N) is 1. The summed E-state index contributed by atoms with van der Waals surface area (Å²) >= 11 is 1.26. The molecule has 0 bridgehead atoms. The Morgan fingerprint density at radius 1 is 1.27 bits per heavy atom. The van der Waals surface area contributed by atoms with Crippen LogP contribution in [0.5, 0.6) is 0 Å². The fraction of sp³-hybridized carbons (Fsp3) is 0.647. The van der Waals surface area contributed by atoms with E-state index in [9.17, 15) is 14.4 Å². The summed E-state index contributed by atoms with van der Waals surface area (Å²) < 4.78 is 4.58. The van der Waals surface area contributed by atoms with Crippen molar-refractivity contribution < 1.29 is 19.1 Å². The number of esters is 1. The molecule has 0 radical (unpaired) electrons. The number of ether oxygens (including phenoxy) is 1. The molecule has 26 heavy (non-hydrogen) atoms. The van der Waals surface area contributed by atoms with Gasteiger partial charge in [-0.3, -0.25) is 9.59 Å². The molecule has 0 aromatic carbocycles. The van der Waals surface area contributed by atoms with Crippen LogP contribution in [0.4, 0.5) is 9.93 Å². The Morgan fingerprint density at radius 2 is 2.04 bits per heavy atom. The molecule has 1 saturated carbocycles. The fourth-order valence-electron chi connectivity index (χ4n) is 2.78. The van der Waals surface area contributed by atoms with Crippen LogP contribution in [0.1, 0.15) is 50.6 Å². The van der Waals surface area contributed by atoms with Crippen LogP contribution >= 0.6 is 11.3 Å². The average molecular weight is 382 g/mol. The summed E-state index contributed by atoms with van der Waals surface area (Å²) in [5.41, 5.74) is 0.568. The second-order valence-electron chi connectivity index (χ2n) is 6.28. The maximum absolute atomic E-state index is 11.9. The van der Waals surface area contributed by atoms with Gasteiger partial charge < -0.3 is 20.7 Å². The molecule has 0 aliphatic heterocycles. The molecule has 0 unspecified atom stereocenters. The summed E-state index contributed by atoms with van der Waals surface area (Å²) in [6.45, 7) is 0.442. The van der Waals surface area contributed by atoms with Crippen LogP contribution < -0.4 is 16.0 Å². The standard InChI is InChI=1S/C17H26N4O4S/c1-25-15(23)10-13-11-26-17(20-13)21-14(22)8-5-9-18-16(24)19-12-6-3-2-4-7-12/h11-12H,2-10H2,1H3,(H2,18,19,24)(H,20,21,22). The predicted octanol–water partition coefficient (Wildman–Crippen LogP) is 2.21. The van der Waals surface area contributed by atoms with Gasteiger partial charge in [-0.25, -0.2) is 9.78 Å². The molecule has 3 amide bonds. The molecule has 2 rings (SSSR count). The van der Waals surface area contributed by atoms with Crippen LogP contribution in [0.15, 0.2) is 5.38 Å². The minimum absolute atomic E-state index is 0.0862. The zero-order valence-corrected chi connectivity index (χ0v) is 15.8. The predicted molar refractivity (Wildman–Crippen MR) is 99.1 cm³/mol. The van der Waals surface area contributed by atoms with Crippen molar-refractivity contribution in [2.24, 2.45) is 0 Å². The maximum atomic E-state index is 11.9. The smallest absolute Gasteiger partial charge is 0.315 e. The lowest BCUT2D eigenvalue weighted by molar-refractivity contribution is -0.139. The second kappa shape index (κ2) is 10.7. The molecular formula is C17H26N4O4S. The largest absolute Gasteiger partial charge is 0.469 e. The number of carbonyl (C=O) groups is 3. The topological polar surface area (TPSA) is 109 Å². The van der Waals surface area contributed by atoms with E-state index in [4.69, 9.17) is 0 Å². The third-order valence-electron chi connectivity index (χ3n) is 4.16. The van der Waals surface area contributed by atoms with Gasteiger partial charge in [0.25, 0.3) is 0 Å². The Kier molecular flexibility index (Phi) is 8.33. The quantitative estimate of drug-likeness (QED) is 0.472. The normalized spacial score (nSPS) is 14.5. The van der Waals surface area contributed by atoms with Crippen LogP contribution in [0, 0.1) is 0 Å². The van der Waals surface area contributed by atoms with Gasteiger partial charge in [0.05, 0.1) is 19.2 Å². The summed E-state index contributed by atoms with van der Waals surface area (Å²) in [5.74, 6) is -0.538. The van der Waals surface area contributed by atoms with E-state index in [-0.39, 0.29) is 36.8 Å². The van der Waals surface area contributed by atoms with Crippen molar-refractivity contribution in [1.82, 2.24) is 15.6 Å². The first kappa shape index (κ1) is 20.2. The van der Waals surface area contributed by atoms with Gasteiger partial charge in [0.15, 0.2) is 5.13 Å². The van der Waals surface area contributed by atoms with Gasteiger partial charge in [-0.2, -0.15) is 0 Å². The molecule has 1 aromatic rings. The van der Waals surface area contributed by atoms with Crippen LogP contribution in [0.3, 0.4) is 0 Å². The number of anilines is 1. The highest BCUT2D eigenvalue weighted by atomic mass is 32.1. The summed E-state index contributed by atoms with van der Waals surface area (Å²) in [4.78, 5) is 39.0. The number of nitrogens with one attached hydrogen (secondary N) is 3. The number of rotatable bonds is 8. The van der Waals surface area contributed by atoms with Gasteiger partial charge in [-0.05, 0) is 19.3 Å². The highest BCUT2D eigenvalue weighted by molar-refractivity contribution is 7.13. The number of thiazole rings is 1. The highest BCUT2D eigenvalue weighted by Crippen LogP contribution is 2.17. The van der Waals surface area contributed by atoms with E-state index in [2.05, 4.69) is 25.7 Å². The highest BCUT2D eigenvalue weighted by Gasteiger charge is 2.15. The van der Waals surface area contributed by atoms with E-state index in [1.807, 2.05) is 0 Å². The van der Waals surface area contributed by atoms with E-state index < -0.39 is 0 Å². The van der Waals surface area contributed by atoms with Crippen LogP contribution in [-0.2, 0) is 20.7 Å². The lowest BCUT2D eigenvalue weighted by Crippen LogP contribution is -2.43. The summed E-state index contributed by atoms with van der Waals surface area (Å²) in [7, 11) is 1.32. The van der Waals surface area contributed by atoms with Gasteiger partial charge in [0, 0.05) is 24.4 Å². The van der Waals surface area contributed by atoms with Crippen LogP contribution in [0.2, 0.25) is 0 Å². The SMILES string of the molecule is COC(=O)Cc1csc(NC(=O)CCCNC(=O)NC2CCCCC2)n1. The molecule has 9 heteroatoms. The monoisotopic (exact) mass is 382 g/mol. The molecule has 0 spiro atoms. The molecule has 1 aromatic heterocycles. The first-order valence-corrected chi connectivity index (χ1v) is 9.80. The molecule has 144 valence electrons. The summed E-state index contributed by atoms with van der Waals surface area (Å²) in [6, 6.07) is 0.112. The third kappa shape index (κ3) is 7.38. The zero-order valence-electron chi connectivity index (χ0n) is 15.0. The summed E-state index contributed by atoms with van der Waals surface area (Å²) in [5, 5.41) is 10.6. The van der Waals surface area contributed by atoms with Gasteiger partial charge in [0.2, 0.25) is 5.91 Å². The molecule has 0 saturated heterocycles. The lowest BCUT2D eigenvalue weighted by Gasteiger charge is -2.22. The van der Waals surface area contributed by atoms with Crippen molar-refractivity contribution in [3.05, 3.63) is 11.1 Å². The van der Waals surface area contributed by atoms with E-state index in [1.165, 1.54) is 37.7 Å². The van der Waals surface area contributed by atoms with Gasteiger partial charge in [0.1, 0.15) is 0 Å². The number of urea groups is 1. The molecule has 0 atom stereocenters. The van der Waals surface area contributed by atoms with E-state index in [0.29, 0.717) is 23.8 Å². The van der Waals surface area contributed by atoms with Crippen molar-refractivity contribution in [3.8, 4) is 0 Å². The zero-order chi connectivity index (χ0) is 18.8. The van der Waals surface area contributed by atoms with Crippen LogP contribution in [0.25, 0.3) is 0 Å². The second-order valence-corrected chi connectivity index (χ2v) is 7.14. The Hall–Kier alpha value is -2.16. The van der Waals surface area contributed by atoms with Gasteiger partial charge in [-0.1, -0.05) is 19.3 Å². The minimum Gasteiger partial charge on any atom is -0.469 e. The van der Waals surface area contributed by atoms with E-state index in [0.717, 1.165) is 12.8 Å². The summed E-state index contributed by atoms with van der Waals surface area (Å²) in [6.07, 6.45) is 6.59. The number of amides is 3. The van der Waals surface area contributed by atoms with Crippen molar-refractivity contribution in [2.75, 3.05) is 19.0 Å². The van der Waals surface area contributed by atoms with Crippen LogP contribution in [-0.4, -0.2) is 42.6 Å². The Morgan fingerprint density at radius 3 is 2.77 bits per heavy atom. The number of aromatic nitrogens is 1. The Balaban J connectivity index is 1.58. The number of carbonyl (C=O) groups excluding carboxylic acids is 3. The van der Waals surface area contributed by atoms with Crippen molar-refractivity contribution >= 4 is 34.4 Å². The fourth-order valence-corrected chi connectivity index (χ4v) is 3.51.